The second-order valence-corrected chi connectivity index (χ2v) is 6.14. The zero-order chi connectivity index (χ0) is 13.1. The smallest absolute Gasteiger partial charge is 0.237 e. The van der Waals surface area contributed by atoms with Crippen molar-refractivity contribution in [1.29, 1.82) is 0 Å². The highest BCUT2D eigenvalue weighted by molar-refractivity contribution is 5.82. The monoisotopic (exact) mass is 241 g/mol. The van der Waals surface area contributed by atoms with Crippen molar-refractivity contribution in [2.45, 2.75) is 40.2 Å². The van der Waals surface area contributed by atoms with E-state index in [9.17, 15) is 4.79 Å². The van der Waals surface area contributed by atoms with E-state index in [1.165, 1.54) is 6.42 Å². The first-order chi connectivity index (χ1) is 7.84. The Labute approximate surface area is 105 Å². The Morgan fingerprint density at radius 3 is 2.65 bits per heavy atom. The first-order valence-electron chi connectivity index (χ1n) is 6.60. The van der Waals surface area contributed by atoms with Crippen molar-refractivity contribution >= 4 is 5.91 Å². The predicted octanol–water partition coefficient (Wildman–Crippen LogP) is 0.818. The summed E-state index contributed by atoms with van der Waals surface area (Å²) in [6.07, 6.45) is 1.18. The Balaban J connectivity index is 2.29. The minimum atomic E-state index is -0.425. The Morgan fingerprint density at radius 1 is 1.53 bits per heavy atom. The Bertz CT molecular complexity index is 260. The van der Waals surface area contributed by atoms with Crippen molar-refractivity contribution < 1.29 is 4.79 Å². The molecule has 0 radical (unpaired) electrons. The van der Waals surface area contributed by atoms with Crippen LogP contribution >= 0.6 is 0 Å². The minimum Gasteiger partial charge on any atom is -0.354 e. The van der Waals surface area contributed by atoms with Crippen molar-refractivity contribution in [3.05, 3.63) is 0 Å². The first-order valence-corrected chi connectivity index (χ1v) is 6.60. The average Bonchev–Trinajstić information content (AvgIpc) is 2.71. The van der Waals surface area contributed by atoms with Crippen LogP contribution in [0, 0.1) is 11.3 Å². The molecule has 1 heterocycles. The van der Waals surface area contributed by atoms with E-state index in [1.54, 1.807) is 0 Å². The lowest BCUT2D eigenvalue weighted by Crippen LogP contribution is -2.49. The molecule has 4 heteroatoms. The molecule has 17 heavy (non-hydrogen) atoms. The molecule has 0 spiro atoms. The van der Waals surface area contributed by atoms with Gasteiger partial charge in [-0.25, -0.2) is 0 Å². The molecule has 0 bridgehead atoms. The number of rotatable bonds is 4. The largest absolute Gasteiger partial charge is 0.354 e. The summed E-state index contributed by atoms with van der Waals surface area (Å²) in [5, 5.41) is 2.98. The normalized spacial score (nSPS) is 23.7. The van der Waals surface area contributed by atoms with E-state index >= 15 is 0 Å². The van der Waals surface area contributed by atoms with Gasteiger partial charge in [-0.05, 0) is 30.8 Å². The third-order valence-electron chi connectivity index (χ3n) is 3.60. The molecule has 100 valence electrons. The molecule has 1 aliphatic heterocycles. The SMILES string of the molecule is CCN1CCC(CNC(=O)[C@H](N)C(C)(C)C)C1. The quantitative estimate of drug-likeness (QED) is 0.766. The highest BCUT2D eigenvalue weighted by Gasteiger charge is 2.28. The fourth-order valence-corrected chi connectivity index (χ4v) is 2.11. The fraction of sp³-hybridized carbons (Fsp3) is 0.923. The summed E-state index contributed by atoms with van der Waals surface area (Å²) in [4.78, 5) is 14.3. The summed E-state index contributed by atoms with van der Waals surface area (Å²) in [6, 6.07) is -0.425. The van der Waals surface area contributed by atoms with E-state index in [-0.39, 0.29) is 11.3 Å². The second kappa shape index (κ2) is 5.83. The summed E-state index contributed by atoms with van der Waals surface area (Å²) in [5.74, 6) is 0.568. The van der Waals surface area contributed by atoms with Gasteiger partial charge in [0.05, 0.1) is 6.04 Å². The van der Waals surface area contributed by atoms with Gasteiger partial charge in [0.1, 0.15) is 0 Å². The third-order valence-corrected chi connectivity index (χ3v) is 3.60. The van der Waals surface area contributed by atoms with E-state index in [0.717, 1.165) is 26.2 Å². The van der Waals surface area contributed by atoms with Gasteiger partial charge in [-0.1, -0.05) is 27.7 Å². The number of nitrogens with zero attached hydrogens (tertiary/aromatic N) is 1. The molecule has 1 aliphatic rings. The summed E-state index contributed by atoms with van der Waals surface area (Å²) < 4.78 is 0. The highest BCUT2D eigenvalue weighted by Crippen LogP contribution is 2.18. The molecule has 3 N–H and O–H groups in total. The van der Waals surface area contributed by atoms with Crippen molar-refractivity contribution in [2.75, 3.05) is 26.2 Å². The van der Waals surface area contributed by atoms with Gasteiger partial charge >= 0.3 is 0 Å². The lowest BCUT2D eigenvalue weighted by atomic mass is 9.87. The number of likely N-dealkylation sites (tertiary alicyclic amines) is 1. The third kappa shape index (κ3) is 4.28. The minimum absolute atomic E-state index is 0.0209. The Hall–Kier alpha value is -0.610. The van der Waals surface area contributed by atoms with E-state index in [1.807, 2.05) is 20.8 Å². The molecule has 1 fully saturated rings. The molecule has 1 amide bonds. The lowest BCUT2D eigenvalue weighted by molar-refractivity contribution is -0.124. The van der Waals surface area contributed by atoms with Gasteiger partial charge in [0.25, 0.3) is 0 Å². The van der Waals surface area contributed by atoms with Crippen molar-refractivity contribution in [2.24, 2.45) is 17.1 Å². The van der Waals surface area contributed by atoms with Gasteiger partial charge in [0.15, 0.2) is 0 Å². The van der Waals surface area contributed by atoms with Crippen molar-refractivity contribution in [1.82, 2.24) is 10.2 Å². The summed E-state index contributed by atoms with van der Waals surface area (Å²) >= 11 is 0. The topological polar surface area (TPSA) is 58.4 Å². The van der Waals surface area contributed by atoms with Crippen molar-refractivity contribution in [3.63, 3.8) is 0 Å². The van der Waals surface area contributed by atoms with Crippen LogP contribution in [0.2, 0.25) is 0 Å². The van der Waals surface area contributed by atoms with Crippen LogP contribution in [0.1, 0.15) is 34.1 Å². The summed E-state index contributed by atoms with van der Waals surface area (Å²) in [6.45, 7) is 12.3. The van der Waals surface area contributed by atoms with Gasteiger partial charge in [-0.3, -0.25) is 4.79 Å². The van der Waals surface area contributed by atoms with E-state index in [2.05, 4.69) is 17.1 Å². The number of hydrogen-bond acceptors (Lipinski definition) is 3. The number of hydrogen-bond donors (Lipinski definition) is 2. The second-order valence-electron chi connectivity index (χ2n) is 6.14. The van der Waals surface area contributed by atoms with Gasteiger partial charge < -0.3 is 16.0 Å². The maximum absolute atomic E-state index is 11.8. The number of amides is 1. The van der Waals surface area contributed by atoms with Crippen LogP contribution < -0.4 is 11.1 Å². The molecule has 0 saturated carbocycles. The molecule has 0 aromatic carbocycles. The van der Waals surface area contributed by atoms with Gasteiger partial charge in [0.2, 0.25) is 5.91 Å². The molecule has 0 aromatic rings. The zero-order valence-corrected chi connectivity index (χ0v) is 11.6. The number of nitrogens with one attached hydrogen (secondary N) is 1. The highest BCUT2D eigenvalue weighted by atomic mass is 16.2. The molecule has 1 rings (SSSR count). The van der Waals surface area contributed by atoms with Crippen LogP contribution in [0.3, 0.4) is 0 Å². The van der Waals surface area contributed by atoms with Crippen LogP contribution in [0.25, 0.3) is 0 Å². The molecule has 0 aromatic heterocycles. The Morgan fingerprint density at radius 2 is 2.18 bits per heavy atom. The molecule has 1 saturated heterocycles. The van der Waals surface area contributed by atoms with Crippen LogP contribution in [-0.4, -0.2) is 43.0 Å². The molecule has 1 unspecified atom stereocenters. The summed E-state index contributed by atoms with van der Waals surface area (Å²) in [7, 11) is 0. The van der Waals surface area contributed by atoms with E-state index in [4.69, 9.17) is 5.73 Å². The van der Waals surface area contributed by atoms with Gasteiger partial charge in [0, 0.05) is 13.1 Å². The molecular weight excluding hydrogens is 214 g/mol. The molecule has 2 atom stereocenters. The first kappa shape index (κ1) is 14.5. The van der Waals surface area contributed by atoms with Gasteiger partial charge in [-0.15, -0.1) is 0 Å². The summed E-state index contributed by atoms with van der Waals surface area (Å²) in [5.41, 5.74) is 5.74. The number of carbonyl (C=O) groups excluding carboxylic acids is 1. The maximum atomic E-state index is 11.8. The average molecular weight is 241 g/mol. The Kier molecular flexibility index (Phi) is 4.95. The predicted molar refractivity (Wildman–Crippen MR) is 70.7 cm³/mol. The maximum Gasteiger partial charge on any atom is 0.237 e. The molecule has 4 nitrogen and oxygen atoms in total. The zero-order valence-electron chi connectivity index (χ0n) is 11.6. The van der Waals surface area contributed by atoms with Crippen LogP contribution in [0.15, 0.2) is 0 Å². The standard InChI is InChI=1S/C13H27N3O/c1-5-16-7-6-10(9-16)8-15-12(17)11(14)13(2,3)4/h10-11H,5-9,14H2,1-4H3,(H,15,17)/t10?,11-/m0/s1. The molecular formula is C13H27N3O. The molecule has 0 aliphatic carbocycles. The van der Waals surface area contributed by atoms with Crippen LogP contribution in [0.5, 0.6) is 0 Å². The lowest BCUT2D eigenvalue weighted by Gasteiger charge is -2.26. The number of carbonyl (C=O) groups is 1. The fourth-order valence-electron chi connectivity index (χ4n) is 2.11. The van der Waals surface area contributed by atoms with Crippen LogP contribution in [0.4, 0.5) is 0 Å². The number of nitrogens with two attached hydrogens (primary N) is 1. The van der Waals surface area contributed by atoms with E-state index < -0.39 is 6.04 Å². The van der Waals surface area contributed by atoms with Crippen LogP contribution in [-0.2, 0) is 4.79 Å². The van der Waals surface area contributed by atoms with Gasteiger partial charge in [-0.2, -0.15) is 0 Å². The van der Waals surface area contributed by atoms with E-state index in [0.29, 0.717) is 5.92 Å². The van der Waals surface area contributed by atoms with Crippen molar-refractivity contribution in [3.8, 4) is 0 Å².